The minimum absolute atomic E-state index is 0.204. The van der Waals surface area contributed by atoms with Crippen molar-refractivity contribution in [3.8, 4) is 0 Å². The Morgan fingerprint density at radius 1 is 1.18 bits per heavy atom. The van der Waals surface area contributed by atoms with E-state index >= 15 is 0 Å². The Bertz CT molecular complexity index is 273. The average molecular weight is 238 g/mol. The molecule has 98 valence electrons. The van der Waals surface area contributed by atoms with Gasteiger partial charge in [0.25, 0.3) is 0 Å². The van der Waals surface area contributed by atoms with Gasteiger partial charge in [-0.25, -0.2) is 0 Å². The molecule has 0 heterocycles. The molecule has 0 radical (unpaired) electrons. The molecule has 4 fully saturated rings. The number of ether oxygens (including phenoxy) is 1. The number of rotatable bonds is 5. The van der Waals surface area contributed by atoms with Crippen molar-refractivity contribution in [3.63, 3.8) is 0 Å². The van der Waals surface area contributed by atoms with Gasteiger partial charge in [-0.1, -0.05) is 13.3 Å². The summed E-state index contributed by atoms with van der Waals surface area (Å²) in [6.45, 7) is 3.39. The van der Waals surface area contributed by atoms with Crippen molar-refractivity contribution >= 4 is 0 Å². The first-order valence-electron chi connectivity index (χ1n) is 7.44. The van der Waals surface area contributed by atoms with Crippen LogP contribution in [0.5, 0.6) is 0 Å². The highest BCUT2D eigenvalue weighted by atomic mass is 16.5. The summed E-state index contributed by atoms with van der Waals surface area (Å²) < 4.78 is 6.25. The van der Waals surface area contributed by atoms with Gasteiger partial charge in [-0.15, -0.1) is 0 Å². The molecule has 0 spiro atoms. The summed E-state index contributed by atoms with van der Waals surface area (Å²) in [5, 5.41) is 8.90. The van der Waals surface area contributed by atoms with Crippen LogP contribution < -0.4 is 0 Å². The van der Waals surface area contributed by atoms with Crippen LogP contribution in [-0.2, 0) is 4.74 Å². The van der Waals surface area contributed by atoms with Gasteiger partial charge >= 0.3 is 0 Å². The second kappa shape index (κ2) is 4.24. The lowest BCUT2D eigenvalue weighted by Crippen LogP contribution is -2.56. The Hall–Kier alpha value is -0.0800. The molecule has 17 heavy (non-hydrogen) atoms. The standard InChI is InChI=1S/C15H26O2/c1-2-14-7-12-6-13(8-14)10-15(9-12,11-14)17-5-3-4-16/h12-13,16H,2-11H2,1H3/t12-,13-,14?,15?/m0/s1. The zero-order chi connectivity index (χ0) is 11.9. The van der Waals surface area contributed by atoms with E-state index < -0.39 is 0 Å². The van der Waals surface area contributed by atoms with E-state index in [0.717, 1.165) is 24.9 Å². The first kappa shape index (κ1) is 12.0. The molecule has 0 aromatic carbocycles. The molecular weight excluding hydrogens is 212 g/mol. The minimum Gasteiger partial charge on any atom is -0.396 e. The average Bonchev–Trinajstić information content (AvgIpc) is 2.27. The third-order valence-corrected chi connectivity index (χ3v) is 5.59. The normalized spacial score (nSPS) is 47.6. The molecule has 2 heteroatoms. The van der Waals surface area contributed by atoms with Crippen molar-refractivity contribution in [1.29, 1.82) is 0 Å². The highest BCUT2D eigenvalue weighted by Gasteiger charge is 2.57. The van der Waals surface area contributed by atoms with Crippen LogP contribution in [-0.4, -0.2) is 23.9 Å². The maximum atomic E-state index is 8.90. The van der Waals surface area contributed by atoms with Gasteiger partial charge in [-0.05, 0) is 62.2 Å². The van der Waals surface area contributed by atoms with E-state index in [9.17, 15) is 0 Å². The zero-order valence-electron chi connectivity index (χ0n) is 11.1. The fourth-order valence-corrected chi connectivity index (χ4v) is 5.30. The van der Waals surface area contributed by atoms with Crippen LogP contribution in [0.25, 0.3) is 0 Å². The lowest BCUT2D eigenvalue weighted by molar-refractivity contribution is -0.194. The number of aliphatic hydroxyl groups excluding tert-OH is 1. The Morgan fingerprint density at radius 3 is 2.47 bits per heavy atom. The first-order chi connectivity index (χ1) is 8.19. The molecule has 0 aromatic heterocycles. The van der Waals surface area contributed by atoms with E-state index in [2.05, 4.69) is 6.92 Å². The summed E-state index contributed by atoms with van der Waals surface area (Å²) in [4.78, 5) is 0. The largest absolute Gasteiger partial charge is 0.396 e. The quantitative estimate of drug-likeness (QED) is 0.746. The van der Waals surface area contributed by atoms with Crippen molar-refractivity contribution in [2.24, 2.45) is 17.3 Å². The van der Waals surface area contributed by atoms with Gasteiger partial charge < -0.3 is 9.84 Å². The maximum Gasteiger partial charge on any atom is 0.0693 e. The minimum atomic E-state index is 0.204. The summed E-state index contributed by atoms with van der Waals surface area (Å²) >= 11 is 0. The molecule has 4 rings (SSSR count). The van der Waals surface area contributed by atoms with Crippen LogP contribution >= 0.6 is 0 Å². The molecule has 0 amide bonds. The summed E-state index contributed by atoms with van der Waals surface area (Å²) in [6.07, 6.45) is 10.4. The molecule has 2 atom stereocenters. The highest BCUT2D eigenvalue weighted by molar-refractivity contribution is 5.08. The van der Waals surface area contributed by atoms with Crippen molar-refractivity contribution in [2.75, 3.05) is 13.2 Å². The maximum absolute atomic E-state index is 8.90. The second-order valence-electron chi connectivity index (χ2n) is 6.92. The van der Waals surface area contributed by atoms with Crippen molar-refractivity contribution < 1.29 is 9.84 Å². The van der Waals surface area contributed by atoms with Crippen LogP contribution in [0.4, 0.5) is 0 Å². The van der Waals surface area contributed by atoms with Gasteiger partial charge in [0, 0.05) is 13.2 Å². The van der Waals surface area contributed by atoms with Crippen LogP contribution in [0.2, 0.25) is 0 Å². The zero-order valence-corrected chi connectivity index (χ0v) is 11.1. The fraction of sp³-hybridized carbons (Fsp3) is 1.00. The number of aliphatic hydroxyl groups is 1. The van der Waals surface area contributed by atoms with E-state index in [1.54, 1.807) is 0 Å². The molecule has 4 aliphatic rings. The molecule has 4 saturated carbocycles. The number of hydrogen-bond donors (Lipinski definition) is 1. The Kier molecular flexibility index (Phi) is 2.99. The summed E-state index contributed by atoms with van der Waals surface area (Å²) in [6, 6.07) is 0. The van der Waals surface area contributed by atoms with Gasteiger partial charge in [0.1, 0.15) is 0 Å². The summed E-state index contributed by atoms with van der Waals surface area (Å²) in [7, 11) is 0. The molecular formula is C15H26O2. The highest BCUT2D eigenvalue weighted by Crippen LogP contribution is 2.63. The molecule has 1 N–H and O–H groups in total. The Morgan fingerprint density at radius 2 is 1.88 bits per heavy atom. The topological polar surface area (TPSA) is 29.5 Å². The van der Waals surface area contributed by atoms with Crippen LogP contribution in [0.1, 0.15) is 58.3 Å². The fourth-order valence-electron chi connectivity index (χ4n) is 5.30. The number of hydrogen-bond acceptors (Lipinski definition) is 2. The molecule has 0 aromatic rings. The lowest BCUT2D eigenvalue weighted by Gasteiger charge is -2.61. The molecule has 0 unspecified atom stereocenters. The van der Waals surface area contributed by atoms with Crippen molar-refractivity contribution in [2.45, 2.75) is 63.9 Å². The third-order valence-electron chi connectivity index (χ3n) is 5.59. The third kappa shape index (κ3) is 2.04. The first-order valence-corrected chi connectivity index (χ1v) is 7.44. The summed E-state index contributed by atoms with van der Waals surface area (Å²) in [5.74, 6) is 1.87. The Balaban J connectivity index is 1.73. The van der Waals surface area contributed by atoms with Gasteiger partial charge in [0.2, 0.25) is 0 Å². The van der Waals surface area contributed by atoms with E-state index in [1.807, 2.05) is 0 Å². The van der Waals surface area contributed by atoms with E-state index in [4.69, 9.17) is 9.84 Å². The Labute approximate surface area is 105 Å². The van der Waals surface area contributed by atoms with Crippen LogP contribution in [0.3, 0.4) is 0 Å². The van der Waals surface area contributed by atoms with Gasteiger partial charge in [0.05, 0.1) is 5.60 Å². The van der Waals surface area contributed by atoms with Crippen molar-refractivity contribution in [3.05, 3.63) is 0 Å². The van der Waals surface area contributed by atoms with Gasteiger partial charge in [-0.2, -0.15) is 0 Å². The second-order valence-corrected chi connectivity index (χ2v) is 6.92. The van der Waals surface area contributed by atoms with E-state index in [0.29, 0.717) is 5.41 Å². The monoisotopic (exact) mass is 238 g/mol. The van der Waals surface area contributed by atoms with E-state index in [-0.39, 0.29) is 12.2 Å². The van der Waals surface area contributed by atoms with Gasteiger partial charge in [0.15, 0.2) is 0 Å². The molecule has 2 nitrogen and oxygen atoms in total. The predicted molar refractivity (Wildman–Crippen MR) is 67.8 cm³/mol. The molecule has 4 bridgehead atoms. The molecule has 0 saturated heterocycles. The van der Waals surface area contributed by atoms with Crippen LogP contribution in [0, 0.1) is 17.3 Å². The van der Waals surface area contributed by atoms with Crippen LogP contribution in [0.15, 0.2) is 0 Å². The van der Waals surface area contributed by atoms with E-state index in [1.165, 1.54) is 44.9 Å². The lowest BCUT2D eigenvalue weighted by atomic mass is 9.47. The smallest absolute Gasteiger partial charge is 0.0693 e. The SMILES string of the molecule is CCC12C[C@@H]3C[C@@H](C1)CC(OCCCO)(C3)C2. The molecule has 4 aliphatic carbocycles. The van der Waals surface area contributed by atoms with Gasteiger partial charge in [-0.3, -0.25) is 0 Å². The van der Waals surface area contributed by atoms with Crippen molar-refractivity contribution in [1.82, 2.24) is 0 Å². The summed E-state index contributed by atoms with van der Waals surface area (Å²) in [5.41, 5.74) is 0.818. The predicted octanol–water partition coefficient (Wildman–Crippen LogP) is 3.13. The molecule has 0 aliphatic heterocycles.